The molecule has 34 heavy (non-hydrogen) atoms. The monoisotopic (exact) mass is 475 g/mol. The second-order valence-corrected chi connectivity index (χ2v) is 8.74. The minimum atomic E-state index is -0.535. The van der Waals surface area contributed by atoms with E-state index in [1.54, 1.807) is 38.3 Å². The number of hydrogen-bond acceptors (Lipinski definition) is 6. The van der Waals surface area contributed by atoms with Gasteiger partial charge in [0.25, 0.3) is 5.56 Å². The minimum absolute atomic E-state index is 0.199. The van der Waals surface area contributed by atoms with Gasteiger partial charge >= 0.3 is 0 Å². The second-order valence-electron chi connectivity index (χ2n) is 7.43. The molecule has 1 atom stereocenters. The molecule has 1 amide bonds. The largest absolute Gasteiger partial charge is 0.495 e. The molecular weight excluding hydrogens is 450 g/mol. The number of anilines is 1. The van der Waals surface area contributed by atoms with Gasteiger partial charge in [-0.2, -0.15) is 0 Å². The van der Waals surface area contributed by atoms with Crippen molar-refractivity contribution in [3.8, 4) is 17.2 Å². The van der Waals surface area contributed by atoms with E-state index in [1.165, 1.54) is 16.3 Å². The Kier molecular flexibility index (Phi) is 7.18. The summed E-state index contributed by atoms with van der Waals surface area (Å²) >= 11 is 1.22. The van der Waals surface area contributed by atoms with Gasteiger partial charge in [0.2, 0.25) is 5.91 Å². The number of nitrogens with one attached hydrogen (secondary N) is 1. The van der Waals surface area contributed by atoms with Crippen molar-refractivity contribution in [2.45, 2.75) is 24.3 Å². The van der Waals surface area contributed by atoms with Crippen LogP contribution < -0.4 is 20.3 Å². The number of methoxy groups -OCH3 is 1. The van der Waals surface area contributed by atoms with Gasteiger partial charge in [-0.1, -0.05) is 36.0 Å². The Morgan fingerprint density at radius 2 is 1.76 bits per heavy atom. The first-order chi connectivity index (χ1) is 16.5. The van der Waals surface area contributed by atoms with Crippen molar-refractivity contribution in [3.63, 3.8) is 0 Å². The molecule has 1 N–H and O–H groups in total. The van der Waals surface area contributed by atoms with Crippen LogP contribution >= 0.6 is 11.8 Å². The number of ether oxygens (including phenoxy) is 2. The quantitative estimate of drug-likeness (QED) is 0.288. The maximum Gasteiger partial charge on any atom is 0.266 e. The minimum Gasteiger partial charge on any atom is -0.495 e. The Morgan fingerprint density at radius 3 is 2.50 bits per heavy atom. The lowest BCUT2D eigenvalue weighted by Crippen LogP contribution is -2.26. The predicted molar refractivity (Wildman–Crippen MR) is 135 cm³/mol. The van der Waals surface area contributed by atoms with Gasteiger partial charge in [-0.3, -0.25) is 14.2 Å². The molecule has 174 valence electrons. The zero-order chi connectivity index (χ0) is 24.1. The van der Waals surface area contributed by atoms with Gasteiger partial charge in [-0.25, -0.2) is 4.98 Å². The smallest absolute Gasteiger partial charge is 0.266 e. The molecule has 0 fully saturated rings. The summed E-state index contributed by atoms with van der Waals surface area (Å²) in [7, 11) is 1.55. The van der Waals surface area contributed by atoms with Crippen molar-refractivity contribution in [1.29, 1.82) is 0 Å². The van der Waals surface area contributed by atoms with E-state index in [9.17, 15) is 9.59 Å². The van der Waals surface area contributed by atoms with E-state index in [0.29, 0.717) is 45.5 Å². The molecule has 1 unspecified atom stereocenters. The fourth-order valence-electron chi connectivity index (χ4n) is 3.47. The SMILES string of the molecule is CCOc1ccc(-n2c(SC(C)C(=O)Nc3ccccc3OC)nc3ccccc3c2=O)cc1. The van der Waals surface area contributed by atoms with E-state index in [0.717, 1.165) is 0 Å². The number of carbonyl (C=O) groups excluding carboxylic acids is 1. The Bertz CT molecular complexity index is 1370. The zero-order valence-electron chi connectivity index (χ0n) is 19.1. The van der Waals surface area contributed by atoms with Gasteiger partial charge in [-0.05, 0) is 62.4 Å². The third-order valence-electron chi connectivity index (χ3n) is 5.17. The molecule has 8 heteroatoms. The number of hydrogen-bond donors (Lipinski definition) is 1. The number of carbonyl (C=O) groups is 1. The van der Waals surface area contributed by atoms with Crippen LogP contribution in [0.4, 0.5) is 5.69 Å². The summed E-state index contributed by atoms with van der Waals surface area (Å²) in [5.41, 5.74) is 1.61. The van der Waals surface area contributed by atoms with Crippen LogP contribution in [0.3, 0.4) is 0 Å². The van der Waals surface area contributed by atoms with Crippen LogP contribution in [-0.2, 0) is 4.79 Å². The maximum absolute atomic E-state index is 13.4. The highest BCUT2D eigenvalue weighted by Crippen LogP contribution is 2.28. The van der Waals surface area contributed by atoms with E-state index in [2.05, 4.69) is 5.32 Å². The number of fused-ring (bicyclic) bond motifs is 1. The highest BCUT2D eigenvalue weighted by Gasteiger charge is 2.21. The van der Waals surface area contributed by atoms with E-state index in [4.69, 9.17) is 14.5 Å². The molecule has 4 aromatic rings. The Hall–Kier alpha value is -3.78. The molecule has 0 radical (unpaired) electrons. The highest BCUT2D eigenvalue weighted by atomic mass is 32.2. The van der Waals surface area contributed by atoms with Crippen molar-refractivity contribution >= 4 is 34.3 Å². The van der Waals surface area contributed by atoms with Gasteiger partial charge in [0.05, 0.1) is 41.2 Å². The van der Waals surface area contributed by atoms with Crippen LogP contribution in [0, 0.1) is 0 Å². The van der Waals surface area contributed by atoms with E-state index in [-0.39, 0.29) is 11.5 Å². The van der Waals surface area contributed by atoms with Gasteiger partial charge in [0.1, 0.15) is 11.5 Å². The van der Waals surface area contributed by atoms with Crippen molar-refractivity contribution < 1.29 is 14.3 Å². The van der Waals surface area contributed by atoms with Crippen LogP contribution in [0.5, 0.6) is 11.5 Å². The Labute approximate surface area is 201 Å². The van der Waals surface area contributed by atoms with E-state index < -0.39 is 5.25 Å². The summed E-state index contributed by atoms with van der Waals surface area (Å²) in [6.45, 7) is 4.24. The van der Waals surface area contributed by atoms with Crippen molar-refractivity contribution in [3.05, 3.63) is 83.2 Å². The lowest BCUT2D eigenvalue weighted by atomic mass is 10.2. The number of amides is 1. The molecule has 0 spiro atoms. The molecule has 0 saturated heterocycles. The first-order valence-corrected chi connectivity index (χ1v) is 11.8. The van der Waals surface area contributed by atoms with Crippen LogP contribution in [0.1, 0.15) is 13.8 Å². The van der Waals surface area contributed by atoms with Crippen molar-refractivity contribution in [2.75, 3.05) is 19.0 Å². The topological polar surface area (TPSA) is 82.4 Å². The molecule has 0 aliphatic carbocycles. The average molecular weight is 476 g/mol. The summed E-state index contributed by atoms with van der Waals surface area (Å²) in [4.78, 5) is 31.2. The molecule has 0 aliphatic heterocycles. The first kappa shape index (κ1) is 23.4. The standard InChI is InChI=1S/C26H25N3O4S/c1-4-33-19-15-13-18(14-16-19)29-25(31)20-9-5-6-10-21(20)28-26(29)34-17(2)24(30)27-22-11-7-8-12-23(22)32-3/h5-17H,4H2,1-3H3,(H,27,30). The predicted octanol–water partition coefficient (Wildman–Crippen LogP) is 4.91. The van der Waals surface area contributed by atoms with Crippen LogP contribution in [0.15, 0.2) is 82.7 Å². The summed E-state index contributed by atoms with van der Waals surface area (Å²) in [6.07, 6.45) is 0. The molecule has 4 rings (SSSR count). The van der Waals surface area contributed by atoms with Gasteiger partial charge < -0.3 is 14.8 Å². The molecular formula is C26H25N3O4S. The number of aromatic nitrogens is 2. The van der Waals surface area contributed by atoms with Gasteiger partial charge in [0, 0.05) is 0 Å². The molecule has 0 saturated carbocycles. The zero-order valence-corrected chi connectivity index (χ0v) is 20.0. The van der Waals surface area contributed by atoms with Crippen LogP contribution in [0.25, 0.3) is 16.6 Å². The fraction of sp³-hybridized carbons (Fsp3) is 0.192. The van der Waals surface area contributed by atoms with Gasteiger partial charge in [-0.15, -0.1) is 0 Å². The highest BCUT2D eigenvalue weighted by molar-refractivity contribution is 8.00. The van der Waals surface area contributed by atoms with Gasteiger partial charge in [0.15, 0.2) is 5.16 Å². The maximum atomic E-state index is 13.4. The normalized spacial score (nSPS) is 11.7. The molecule has 1 heterocycles. The first-order valence-electron chi connectivity index (χ1n) is 10.9. The Balaban J connectivity index is 1.70. The van der Waals surface area contributed by atoms with E-state index in [1.807, 2.05) is 55.5 Å². The Morgan fingerprint density at radius 1 is 1.06 bits per heavy atom. The summed E-state index contributed by atoms with van der Waals surface area (Å²) < 4.78 is 12.4. The molecule has 7 nitrogen and oxygen atoms in total. The molecule has 3 aromatic carbocycles. The van der Waals surface area contributed by atoms with Crippen molar-refractivity contribution in [1.82, 2.24) is 9.55 Å². The summed E-state index contributed by atoms with van der Waals surface area (Å²) in [5.74, 6) is 1.06. The average Bonchev–Trinajstić information content (AvgIpc) is 2.85. The second kappa shape index (κ2) is 10.4. The number of para-hydroxylation sites is 3. The van der Waals surface area contributed by atoms with Crippen LogP contribution in [-0.4, -0.2) is 34.4 Å². The number of thioether (sulfide) groups is 1. The summed E-state index contributed by atoms with van der Waals surface area (Å²) in [6, 6.07) is 21.7. The molecule has 1 aromatic heterocycles. The molecule has 0 aliphatic rings. The number of nitrogens with zero attached hydrogens (tertiary/aromatic N) is 2. The third kappa shape index (κ3) is 4.92. The van der Waals surface area contributed by atoms with Crippen LogP contribution in [0.2, 0.25) is 0 Å². The van der Waals surface area contributed by atoms with Crippen molar-refractivity contribution in [2.24, 2.45) is 0 Å². The lowest BCUT2D eigenvalue weighted by Gasteiger charge is -2.17. The fourth-order valence-corrected chi connectivity index (χ4v) is 4.40. The summed E-state index contributed by atoms with van der Waals surface area (Å²) in [5, 5.41) is 3.30. The lowest BCUT2D eigenvalue weighted by molar-refractivity contribution is -0.115. The molecule has 0 bridgehead atoms. The van der Waals surface area contributed by atoms with E-state index >= 15 is 0 Å². The number of rotatable bonds is 8. The number of benzene rings is 3. The third-order valence-corrected chi connectivity index (χ3v) is 6.22.